The molecular weight excluding hydrogens is 633 g/mol. The lowest BCUT2D eigenvalue weighted by Crippen LogP contribution is -2.28. The maximum Gasteiger partial charge on any atom is 0.234 e. The molecule has 2 aromatic carbocycles. The molecule has 0 aliphatic heterocycles. The van der Waals surface area contributed by atoms with Crippen molar-refractivity contribution in [2.24, 2.45) is 5.41 Å². The van der Waals surface area contributed by atoms with Crippen LogP contribution in [0.4, 0.5) is 0 Å². The summed E-state index contributed by atoms with van der Waals surface area (Å²) in [6.45, 7) is 0. The van der Waals surface area contributed by atoms with E-state index in [1.54, 1.807) is 23.5 Å². The molecule has 4 aromatic rings. The van der Waals surface area contributed by atoms with Crippen LogP contribution in [0.2, 0.25) is 0 Å². The molecule has 10 rings (SSSR count). The van der Waals surface area contributed by atoms with Crippen LogP contribution in [-0.4, -0.2) is 28.6 Å². The summed E-state index contributed by atoms with van der Waals surface area (Å²) >= 11 is 3.72. The van der Waals surface area contributed by atoms with Gasteiger partial charge in [0.1, 0.15) is 6.10 Å². The Morgan fingerprint density at radius 2 is 1.35 bits per heavy atom. The number of carbonyl (C=O) groups excluding carboxylic acids is 3. The van der Waals surface area contributed by atoms with E-state index in [9.17, 15) is 19.5 Å². The Morgan fingerprint density at radius 3 is 2.08 bits per heavy atom. The van der Waals surface area contributed by atoms with Gasteiger partial charge in [-0.15, -0.1) is 22.7 Å². The average Bonchev–Trinajstić information content (AvgIpc) is 3.90. The molecule has 0 saturated heterocycles. The molecule has 6 heteroatoms. The molecule has 2 heterocycles. The molecule has 4 nitrogen and oxygen atoms in total. The van der Waals surface area contributed by atoms with Gasteiger partial charge >= 0.3 is 0 Å². The third-order valence-corrected chi connectivity index (χ3v) is 14.6. The summed E-state index contributed by atoms with van der Waals surface area (Å²) in [6.07, 6.45) is 17.0. The van der Waals surface area contributed by atoms with E-state index < -0.39 is 6.10 Å². The highest BCUT2D eigenvalue weighted by atomic mass is 32.1. The molecule has 6 aliphatic carbocycles. The van der Waals surface area contributed by atoms with Gasteiger partial charge in [0.05, 0.1) is 4.70 Å². The molecule has 2 spiro atoms. The maximum atomic E-state index is 13.4. The third kappa shape index (κ3) is 3.71. The molecule has 0 bridgehead atoms. The molecule has 2 aromatic heterocycles. The van der Waals surface area contributed by atoms with Crippen LogP contribution in [0.3, 0.4) is 0 Å². The van der Waals surface area contributed by atoms with Crippen molar-refractivity contribution < 1.29 is 19.5 Å². The topological polar surface area (TPSA) is 71.4 Å². The fourth-order valence-corrected chi connectivity index (χ4v) is 13.0. The van der Waals surface area contributed by atoms with Gasteiger partial charge in [0, 0.05) is 42.0 Å². The first kappa shape index (κ1) is 29.0. The molecule has 0 radical (unpaired) electrons. The standard InChI is InChI=1S/C42H34O4S2/c43-35-27-13-5-3-11-25(27)29(37(35)45)19-23-20-31-33(41(23)15-7-1-8-16-41)40-34(42(31)17-9-2-10-18-42)39-32(48-40)22-24(47-39)21-30-26-12-4-6-14-28(26)36(44)38(30)46/h3-6,11-14,19-22,38,46H,1-2,7-10,15-18H2/b29-19-,30-21-. The van der Waals surface area contributed by atoms with Gasteiger partial charge in [-0.3, -0.25) is 14.4 Å². The highest BCUT2D eigenvalue weighted by molar-refractivity contribution is 7.29. The summed E-state index contributed by atoms with van der Waals surface area (Å²) in [5.74, 6) is -0.986. The lowest BCUT2D eigenvalue weighted by Gasteiger charge is -2.38. The first-order valence-electron chi connectivity index (χ1n) is 17.4. The molecular formula is C42H34O4S2. The number of hydrogen-bond acceptors (Lipinski definition) is 6. The number of fused-ring (bicyclic) bond motifs is 9. The molecule has 2 fully saturated rings. The molecule has 1 atom stereocenters. The van der Waals surface area contributed by atoms with E-state index >= 15 is 0 Å². The molecule has 238 valence electrons. The number of hydrogen-bond donors (Lipinski definition) is 1. The number of ketones is 3. The van der Waals surface area contributed by atoms with Crippen LogP contribution in [0, 0.1) is 5.41 Å². The van der Waals surface area contributed by atoms with E-state index in [0.717, 1.165) is 54.5 Å². The van der Waals surface area contributed by atoms with Crippen molar-refractivity contribution in [1.29, 1.82) is 0 Å². The normalized spacial score (nSPS) is 25.1. The first-order chi connectivity index (χ1) is 23.4. The fraction of sp³-hybridized carbons (Fsp3) is 0.310. The van der Waals surface area contributed by atoms with Crippen molar-refractivity contribution in [3.8, 4) is 0 Å². The van der Waals surface area contributed by atoms with Gasteiger partial charge in [-0.25, -0.2) is 0 Å². The zero-order chi connectivity index (χ0) is 32.4. The van der Waals surface area contributed by atoms with E-state index in [4.69, 9.17) is 0 Å². The van der Waals surface area contributed by atoms with Crippen molar-refractivity contribution in [2.75, 3.05) is 0 Å². The van der Waals surface area contributed by atoms with Gasteiger partial charge in [-0.05, 0) is 82.9 Å². The average molecular weight is 667 g/mol. The van der Waals surface area contributed by atoms with Gasteiger partial charge in [-0.1, -0.05) is 93.1 Å². The minimum absolute atomic E-state index is 0.0516. The van der Waals surface area contributed by atoms with Gasteiger partial charge in [0.15, 0.2) is 5.78 Å². The van der Waals surface area contributed by atoms with Gasteiger partial charge in [0.2, 0.25) is 11.6 Å². The van der Waals surface area contributed by atoms with Gasteiger partial charge < -0.3 is 5.11 Å². The second-order valence-corrected chi connectivity index (χ2v) is 16.6. The highest BCUT2D eigenvalue weighted by Crippen LogP contribution is 2.70. The lowest BCUT2D eigenvalue weighted by molar-refractivity contribution is -0.109. The Labute approximate surface area is 287 Å². The monoisotopic (exact) mass is 666 g/mol. The number of carbonyl (C=O) groups is 3. The molecule has 1 unspecified atom stereocenters. The van der Waals surface area contributed by atoms with Crippen LogP contribution < -0.4 is 0 Å². The highest BCUT2D eigenvalue weighted by Gasteiger charge is 2.56. The van der Waals surface area contributed by atoms with E-state index in [2.05, 4.69) is 18.2 Å². The molecule has 0 amide bonds. The number of allylic oxidation sites excluding steroid dienone is 6. The Kier molecular flexibility index (Phi) is 6.20. The predicted octanol–water partition coefficient (Wildman–Crippen LogP) is 9.77. The van der Waals surface area contributed by atoms with Crippen LogP contribution in [0.25, 0.3) is 32.2 Å². The largest absolute Gasteiger partial charge is 0.380 e. The Hall–Kier alpha value is -3.97. The van der Waals surface area contributed by atoms with Crippen molar-refractivity contribution in [3.63, 3.8) is 0 Å². The van der Waals surface area contributed by atoms with E-state index in [1.807, 2.05) is 53.8 Å². The van der Waals surface area contributed by atoms with Crippen LogP contribution in [0.5, 0.6) is 0 Å². The summed E-state index contributed by atoms with van der Waals surface area (Å²) in [7, 11) is 0. The van der Waals surface area contributed by atoms with Crippen LogP contribution in [0.15, 0.2) is 77.9 Å². The number of aliphatic hydroxyl groups excluding tert-OH is 1. The Balaban J connectivity index is 1.14. The Morgan fingerprint density at radius 1 is 0.708 bits per heavy atom. The number of benzene rings is 2. The second-order valence-electron chi connectivity index (χ2n) is 14.5. The van der Waals surface area contributed by atoms with E-state index in [0.29, 0.717) is 22.3 Å². The number of rotatable bonds is 2. The minimum Gasteiger partial charge on any atom is -0.380 e. The predicted molar refractivity (Wildman–Crippen MR) is 193 cm³/mol. The van der Waals surface area contributed by atoms with Crippen LogP contribution >= 0.6 is 22.7 Å². The van der Waals surface area contributed by atoms with Crippen molar-refractivity contribution in [1.82, 2.24) is 0 Å². The zero-order valence-corrected chi connectivity index (χ0v) is 28.2. The zero-order valence-electron chi connectivity index (χ0n) is 26.6. The van der Waals surface area contributed by atoms with Gasteiger partial charge in [-0.2, -0.15) is 0 Å². The second kappa shape index (κ2) is 10.3. The lowest BCUT2D eigenvalue weighted by atomic mass is 9.66. The summed E-state index contributed by atoms with van der Waals surface area (Å²) < 4.78 is 2.64. The number of aliphatic hydroxyl groups is 1. The van der Waals surface area contributed by atoms with E-state index in [-0.39, 0.29) is 28.2 Å². The maximum absolute atomic E-state index is 13.4. The van der Waals surface area contributed by atoms with Crippen molar-refractivity contribution >= 4 is 72.2 Å². The summed E-state index contributed by atoms with van der Waals surface area (Å²) in [5, 5.41) is 10.9. The molecule has 1 N–H and O–H groups in total. The smallest absolute Gasteiger partial charge is 0.234 e. The summed E-state index contributed by atoms with van der Waals surface area (Å²) in [4.78, 5) is 41.8. The van der Waals surface area contributed by atoms with Gasteiger partial charge in [0.25, 0.3) is 0 Å². The Bertz CT molecular complexity index is 2270. The fourth-order valence-electron chi connectivity index (χ4n) is 10.0. The molecule has 48 heavy (non-hydrogen) atoms. The van der Waals surface area contributed by atoms with Crippen molar-refractivity contribution in [2.45, 2.75) is 75.7 Å². The molecule has 2 saturated carbocycles. The molecule has 6 aliphatic rings. The number of thiophene rings is 2. The van der Waals surface area contributed by atoms with Crippen LogP contribution in [0.1, 0.15) is 111 Å². The minimum atomic E-state index is -1.12. The summed E-state index contributed by atoms with van der Waals surface area (Å²) in [5.41, 5.74) is 9.51. The third-order valence-electron chi connectivity index (χ3n) is 12.2. The first-order valence-corrected chi connectivity index (χ1v) is 19.0. The van der Waals surface area contributed by atoms with E-state index in [1.165, 1.54) is 62.2 Å². The number of Topliss-reactive ketones (excluding diaryl/α,β-unsaturated/α-hetero) is 3. The van der Waals surface area contributed by atoms with Crippen LogP contribution in [-0.2, 0) is 10.2 Å². The SMILES string of the molecule is O=C1C(=O)c2ccccc2/C1=C/C1=CC2=C(c3sc4cc(/C=C5/c6ccccc6C(=O)C5O)sc4c3C23CCCCC3)C12CCCCC2. The summed E-state index contributed by atoms with van der Waals surface area (Å²) in [6, 6.07) is 17.3. The quantitative estimate of drug-likeness (QED) is 0.171. The van der Waals surface area contributed by atoms with Crippen molar-refractivity contribution in [3.05, 3.63) is 115 Å².